The molecular formula is C15H18N2O. The van der Waals surface area contributed by atoms with Crippen LogP contribution in [0.25, 0.3) is 10.8 Å². The molecule has 0 fully saturated rings. The predicted octanol–water partition coefficient (Wildman–Crippen LogP) is 2.31. The van der Waals surface area contributed by atoms with Crippen molar-refractivity contribution in [3.8, 4) is 0 Å². The summed E-state index contributed by atoms with van der Waals surface area (Å²) in [6.07, 6.45) is 0.791. The van der Waals surface area contributed by atoms with Gasteiger partial charge in [-0.15, -0.1) is 0 Å². The average Bonchev–Trinajstić information content (AvgIpc) is 2.37. The molecule has 2 aromatic carbocycles. The Balaban J connectivity index is 2.08. The van der Waals surface area contributed by atoms with E-state index in [9.17, 15) is 4.79 Å². The number of nitrogens with one attached hydrogen (secondary N) is 1. The zero-order valence-electron chi connectivity index (χ0n) is 10.5. The Morgan fingerprint density at radius 2 is 1.94 bits per heavy atom. The summed E-state index contributed by atoms with van der Waals surface area (Å²) in [4.78, 5) is 11.9. The molecule has 94 valence electrons. The highest BCUT2D eigenvalue weighted by atomic mass is 16.1. The summed E-state index contributed by atoms with van der Waals surface area (Å²) in [5, 5.41) is 5.10. The molecular weight excluding hydrogens is 224 g/mol. The van der Waals surface area contributed by atoms with E-state index in [1.54, 1.807) is 0 Å². The van der Waals surface area contributed by atoms with Crippen LogP contribution in [-0.2, 0) is 0 Å². The average molecular weight is 242 g/mol. The van der Waals surface area contributed by atoms with Crippen molar-refractivity contribution in [1.82, 2.24) is 5.32 Å². The fraction of sp³-hybridized carbons (Fsp3) is 0.267. The van der Waals surface area contributed by atoms with E-state index in [1.807, 2.05) is 49.4 Å². The molecule has 0 aliphatic heterocycles. The Kier molecular flexibility index (Phi) is 3.95. The molecule has 0 aliphatic rings. The number of carbonyl (C=O) groups is 1. The van der Waals surface area contributed by atoms with Crippen molar-refractivity contribution < 1.29 is 4.79 Å². The van der Waals surface area contributed by atoms with Crippen molar-refractivity contribution in [3.63, 3.8) is 0 Å². The van der Waals surface area contributed by atoms with Crippen LogP contribution in [0, 0.1) is 0 Å². The molecule has 0 aliphatic carbocycles. The van der Waals surface area contributed by atoms with Crippen molar-refractivity contribution in [2.24, 2.45) is 5.73 Å². The monoisotopic (exact) mass is 242 g/mol. The number of carbonyl (C=O) groups excluding carboxylic acids is 1. The molecule has 2 aromatic rings. The summed E-state index contributed by atoms with van der Waals surface area (Å²) in [5.41, 5.74) is 6.33. The molecule has 18 heavy (non-hydrogen) atoms. The van der Waals surface area contributed by atoms with E-state index < -0.39 is 0 Å². The van der Waals surface area contributed by atoms with Gasteiger partial charge >= 0.3 is 0 Å². The number of hydrogen-bond donors (Lipinski definition) is 2. The first-order chi connectivity index (χ1) is 8.66. The van der Waals surface area contributed by atoms with Gasteiger partial charge < -0.3 is 11.1 Å². The zero-order chi connectivity index (χ0) is 13.0. The van der Waals surface area contributed by atoms with Gasteiger partial charge in [0.25, 0.3) is 5.91 Å². The molecule has 3 N–H and O–H groups in total. The molecule has 1 amide bonds. The molecule has 1 atom stereocenters. The molecule has 0 aromatic heterocycles. The maximum atomic E-state index is 11.9. The Bertz CT molecular complexity index is 549. The summed E-state index contributed by atoms with van der Waals surface area (Å²) in [7, 11) is 0. The second-order valence-electron chi connectivity index (χ2n) is 4.58. The van der Waals surface area contributed by atoms with Crippen LogP contribution in [0.15, 0.2) is 42.5 Å². The van der Waals surface area contributed by atoms with E-state index in [0.717, 1.165) is 17.2 Å². The third kappa shape index (κ3) is 3.08. The number of fused-ring (bicyclic) bond motifs is 1. The first kappa shape index (κ1) is 12.6. The second-order valence-corrected chi connectivity index (χ2v) is 4.58. The lowest BCUT2D eigenvalue weighted by Crippen LogP contribution is -2.28. The van der Waals surface area contributed by atoms with Gasteiger partial charge in [0.1, 0.15) is 0 Å². The molecule has 0 saturated heterocycles. The molecule has 0 bridgehead atoms. The predicted molar refractivity (Wildman–Crippen MR) is 74.5 cm³/mol. The SMILES string of the molecule is CC(N)CCNC(=O)c1ccc2ccccc2c1. The van der Waals surface area contributed by atoms with E-state index in [-0.39, 0.29) is 11.9 Å². The lowest BCUT2D eigenvalue weighted by Gasteiger charge is -2.08. The minimum absolute atomic E-state index is 0.0404. The highest BCUT2D eigenvalue weighted by molar-refractivity contribution is 5.98. The van der Waals surface area contributed by atoms with E-state index >= 15 is 0 Å². The topological polar surface area (TPSA) is 55.1 Å². The highest BCUT2D eigenvalue weighted by Gasteiger charge is 2.05. The van der Waals surface area contributed by atoms with E-state index in [1.165, 1.54) is 0 Å². The number of hydrogen-bond acceptors (Lipinski definition) is 2. The van der Waals surface area contributed by atoms with E-state index in [0.29, 0.717) is 12.1 Å². The Hall–Kier alpha value is -1.87. The fourth-order valence-electron chi connectivity index (χ4n) is 1.85. The normalized spacial score (nSPS) is 12.3. The molecule has 3 heteroatoms. The van der Waals surface area contributed by atoms with Gasteiger partial charge in [-0.2, -0.15) is 0 Å². The van der Waals surface area contributed by atoms with Gasteiger partial charge in [-0.05, 0) is 36.2 Å². The van der Waals surface area contributed by atoms with Crippen LogP contribution in [-0.4, -0.2) is 18.5 Å². The molecule has 1 unspecified atom stereocenters. The lowest BCUT2D eigenvalue weighted by atomic mass is 10.1. The number of benzene rings is 2. The second kappa shape index (κ2) is 5.65. The van der Waals surface area contributed by atoms with Crippen LogP contribution in [0.4, 0.5) is 0 Å². The van der Waals surface area contributed by atoms with Crippen LogP contribution < -0.4 is 11.1 Å². The van der Waals surface area contributed by atoms with Crippen molar-refractivity contribution in [2.75, 3.05) is 6.54 Å². The lowest BCUT2D eigenvalue weighted by molar-refractivity contribution is 0.0953. The first-order valence-corrected chi connectivity index (χ1v) is 6.19. The van der Waals surface area contributed by atoms with Crippen molar-refractivity contribution >= 4 is 16.7 Å². The summed E-state index contributed by atoms with van der Waals surface area (Å²) in [5.74, 6) is -0.0404. The van der Waals surface area contributed by atoms with E-state index in [2.05, 4.69) is 5.32 Å². The van der Waals surface area contributed by atoms with E-state index in [4.69, 9.17) is 5.73 Å². The molecule has 0 radical (unpaired) electrons. The minimum Gasteiger partial charge on any atom is -0.352 e. The number of nitrogens with two attached hydrogens (primary N) is 1. The van der Waals surface area contributed by atoms with Gasteiger partial charge in [0, 0.05) is 18.2 Å². The van der Waals surface area contributed by atoms with Crippen LogP contribution in [0.1, 0.15) is 23.7 Å². The number of amides is 1. The summed E-state index contributed by atoms with van der Waals surface area (Å²) >= 11 is 0. The number of rotatable bonds is 4. The van der Waals surface area contributed by atoms with Crippen LogP contribution >= 0.6 is 0 Å². The van der Waals surface area contributed by atoms with Gasteiger partial charge in [0.05, 0.1) is 0 Å². The maximum absolute atomic E-state index is 11.9. The van der Waals surface area contributed by atoms with Gasteiger partial charge in [0.2, 0.25) is 0 Å². The van der Waals surface area contributed by atoms with Crippen LogP contribution in [0.2, 0.25) is 0 Å². The Labute approximate surface area is 107 Å². The van der Waals surface area contributed by atoms with Gasteiger partial charge in [0.15, 0.2) is 0 Å². The Morgan fingerprint density at radius 1 is 1.22 bits per heavy atom. The van der Waals surface area contributed by atoms with Crippen molar-refractivity contribution in [2.45, 2.75) is 19.4 Å². The summed E-state index contributed by atoms with van der Waals surface area (Å²) in [6.45, 7) is 2.55. The maximum Gasteiger partial charge on any atom is 0.251 e. The fourth-order valence-corrected chi connectivity index (χ4v) is 1.85. The third-order valence-corrected chi connectivity index (χ3v) is 2.90. The summed E-state index contributed by atoms with van der Waals surface area (Å²) in [6, 6.07) is 13.9. The van der Waals surface area contributed by atoms with Gasteiger partial charge in [-0.1, -0.05) is 30.3 Å². The van der Waals surface area contributed by atoms with Gasteiger partial charge in [-0.25, -0.2) is 0 Å². The molecule has 0 spiro atoms. The van der Waals surface area contributed by atoms with Crippen molar-refractivity contribution in [3.05, 3.63) is 48.0 Å². The smallest absolute Gasteiger partial charge is 0.251 e. The summed E-state index contributed by atoms with van der Waals surface area (Å²) < 4.78 is 0. The highest BCUT2D eigenvalue weighted by Crippen LogP contribution is 2.15. The Morgan fingerprint density at radius 3 is 2.67 bits per heavy atom. The quantitative estimate of drug-likeness (QED) is 0.864. The first-order valence-electron chi connectivity index (χ1n) is 6.19. The largest absolute Gasteiger partial charge is 0.352 e. The molecule has 0 heterocycles. The minimum atomic E-state index is -0.0404. The van der Waals surface area contributed by atoms with Crippen molar-refractivity contribution in [1.29, 1.82) is 0 Å². The molecule has 0 saturated carbocycles. The zero-order valence-corrected chi connectivity index (χ0v) is 10.5. The molecule has 2 rings (SSSR count). The van der Waals surface area contributed by atoms with Crippen LogP contribution in [0.5, 0.6) is 0 Å². The third-order valence-electron chi connectivity index (χ3n) is 2.90. The van der Waals surface area contributed by atoms with Gasteiger partial charge in [-0.3, -0.25) is 4.79 Å². The van der Waals surface area contributed by atoms with Crippen LogP contribution in [0.3, 0.4) is 0 Å². The molecule has 3 nitrogen and oxygen atoms in total. The standard InChI is InChI=1S/C15H18N2O/c1-11(16)8-9-17-15(18)14-7-6-12-4-2-3-5-13(12)10-14/h2-7,10-11H,8-9,16H2,1H3,(H,17,18).